The summed E-state index contributed by atoms with van der Waals surface area (Å²) < 4.78 is 40.4. The molecular formula is C21H25F3N4O4. The van der Waals surface area contributed by atoms with Crippen LogP contribution in [0.5, 0.6) is 11.8 Å². The monoisotopic (exact) mass is 454 g/mol. The lowest BCUT2D eigenvalue weighted by Gasteiger charge is -2.35. The second-order valence-electron chi connectivity index (χ2n) is 8.00. The van der Waals surface area contributed by atoms with Crippen molar-refractivity contribution in [1.82, 2.24) is 14.5 Å². The van der Waals surface area contributed by atoms with Gasteiger partial charge in [0.25, 0.3) is 0 Å². The molecule has 0 unspecified atom stereocenters. The van der Waals surface area contributed by atoms with E-state index >= 15 is 0 Å². The molecule has 0 spiro atoms. The maximum atomic E-state index is 13.2. The standard InChI is InChI=1S/C21H25F3N4O4/c22-21(23,24)16-4-3-15(17(13-16)26-7-1-2-8-26)14-25-9-11-27(12-10-25)20(31)32-28-18(29)5-6-19(28)30/h3-6,13,29-30H,1-2,7-12,14H2. The molecule has 3 heterocycles. The first-order valence-corrected chi connectivity index (χ1v) is 10.5. The van der Waals surface area contributed by atoms with Crippen molar-refractivity contribution in [3.8, 4) is 11.8 Å². The molecule has 2 aromatic rings. The summed E-state index contributed by atoms with van der Waals surface area (Å²) in [5.74, 6) is -0.794. The highest BCUT2D eigenvalue weighted by Crippen LogP contribution is 2.35. The molecule has 2 aliphatic heterocycles. The van der Waals surface area contributed by atoms with Gasteiger partial charge in [-0.15, -0.1) is 4.73 Å². The highest BCUT2D eigenvalue weighted by Gasteiger charge is 2.32. The van der Waals surface area contributed by atoms with E-state index in [4.69, 9.17) is 4.84 Å². The molecule has 2 saturated heterocycles. The van der Waals surface area contributed by atoms with E-state index in [-0.39, 0.29) is 0 Å². The van der Waals surface area contributed by atoms with Gasteiger partial charge >= 0.3 is 12.3 Å². The zero-order valence-corrected chi connectivity index (χ0v) is 17.4. The van der Waals surface area contributed by atoms with Crippen LogP contribution < -0.4 is 9.74 Å². The first-order valence-electron chi connectivity index (χ1n) is 10.5. The lowest BCUT2D eigenvalue weighted by atomic mass is 10.1. The quantitative estimate of drug-likeness (QED) is 0.740. The van der Waals surface area contributed by atoms with E-state index < -0.39 is 29.6 Å². The number of benzene rings is 1. The molecule has 2 N–H and O–H groups in total. The van der Waals surface area contributed by atoms with Gasteiger partial charge in [0, 0.05) is 63.6 Å². The van der Waals surface area contributed by atoms with E-state index in [1.807, 2.05) is 4.90 Å². The van der Waals surface area contributed by atoms with Crippen molar-refractivity contribution in [2.45, 2.75) is 25.6 Å². The highest BCUT2D eigenvalue weighted by molar-refractivity contribution is 5.68. The minimum Gasteiger partial charge on any atom is -0.492 e. The molecule has 2 fully saturated rings. The van der Waals surface area contributed by atoms with E-state index in [0.29, 0.717) is 43.1 Å². The predicted octanol–water partition coefficient (Wildman–Crippen LogP) is 2.88. The molecule has 0 radical (unpaired) electrons. The smallest absolute Gasteiger partial charge is 0.434 e. The first-order chi connectivity index (χ1) is 15.2. The number of alkyl halides is 3. The van der Waals surface area contributed by atoms with Crippen molar-refractivity contribution in [3.63, 3.8) is 0 Å². The van der Waals surface area contributed by atoms with Crippen LogP contribution in [-0.4, -0.2) is 70.1 Å². The SMILES string of the molecule is O=C(On1c(O)ccc1O)N1CCN(Cc2ccc(C(F)(F)F)cc2N2CCCC2)CC1. The van der Waals surface area contributed by atoms with Crippen LogP contribution in [-0.2, 0) is 12.7 Å². The Balaban J connectivity index is 1.40. The lowest BCUT2D eigenvalue weighted by molar-refractivity contribution is -0.137. The van der Waals surface area contributed by atoms with Crippen molar-refractivity contribution >= 4 is 11.8 Å². The third-order valence-electron chi connectivity index (χ3n) is 5.85. The van der Waals surface area contributed by atoms with Crippen molar-refractivity contribution < 1.29 is 33.0 Å². The van der Waals surface area contributed by atoms with Gasteiger partial charge in [0.05, 0.1) is 5.56 Å². The summed E-state index contributed by atoms with van der Waals surface area (Å²) in [6, 6.07) is 6.31. The molecule has 1 amide bonds. The molecule has 8 nitrogen and oxygen atoms in total. The average molecular weight is 454 g/mol. The normalized spacial score (nSPS) is 17.7. The Morgan fingerprint density at radius 3 is 2.16 bits per heavy atom. The van der Waals surface area contributed by atoms with Crippen LogP contribution in [0.25, 0.3) is 0 Å². The molecule has 0 atom stereocenters. The van der Waals surface area contributed by atoms with Crippen molar-refractivity contribution in [3.05, 3.63) is 41.5 Å². The molecule has 0 aliphatic carbocycles. The molecule has 1 aromatic heterocycles. The lowest BCUT2D eigenvalue weighted by Crippen LogP contribution is -2.50. The maximum Gasteiger partial charge on any atom is 0.434 e. The van der Waals surface area contributed by atoms with Gasteiger partial charge < -0.3 is 24.9 Å². The van der Waals surface area contributed by atoms with E-state index in [9.17, 15) is 28.2 Å². The first kappa shape index (κ1) is 22.1. The zero-order valence-electron chi connectivity index (χ0n) is 17.4. The predicted molar refractivity (Wildman–Crippen MR) is 109 cm³/mol. The highest BCUT2D eigenvalue weighted by atomic mass is 19.4. The summed E-state index contributed by atoms with van der Waals surface area (Å²) in [6.07, 6.45) is -3.17. The summed E-state index contributed by atoms with van der Waals surface area (Å²) in [5, 5.41) is 19.2. The summed E-state index contributed by atoms with van der Waals surface area (Å²) in [5.41, 5.74) is 0.808. The number of hydrogen-bond donors (Lipinski definition) is 2. The number of piperazine rings is 1. The van der Waals surface area contributed by atoms with Gasteiger partial charge in [0.1, 0.15) is 0 Å². The number of halogens is 3. The fourth-order valence-corrected chi connectivity index (χ4v) is 4.09. The topological polar surface area (TPSA) is 81.4 Å². The third kappa shape index (κ3) is 4.72. The largest absolute Gasteiger partial charge is 0.492 e. The fourth-order valence-electron chi connectivity index (χ4n) is 4.09. The number of aromatic hydroxyl groups is 2. The van der Waals surface area contributed by atoms with E-state index in [2.05, 4.69) is 4.90 Å². The number of hydrogen-bond acceptors (Lipinski definition) is 6. The Morgan fingerprint density at radius 1 is 0.938 bits per heavy atom. The third-order valence-corrected chi connectivity index (χ3v) is 5.85. The van der Waals surface area contributed by atoms with Crippen LogP contribution in [0.4, 0.5) is 23.7 Å². The number of aromatic nitrogens is 1. The summed E-state index contributed by atoms with van der Waals surface area (Å²) in [7, 11) is 0. The Bertz CT molecular complexity index is 945. The van der Waals surface area contributed by atoms with Crippen molar-refractivity contribution in [2.75, 3.05) is 44.2 Å². The van der Waals surface area contributed by atoms with Gasteiger partial charge in [-0.2, -0.15) is 13.2 Å². The number of carbonyl (C=O) groups is 1. The molecule has 174 valence electrons. The second-order valence-corrected chi connectivity index (χ2v) is 8.00. The van der Waals surface area contributed by atoms with Gasteiger partial charge in [0.15, 0.2) is 0 Å². The molecule has 1 aromatic carbocycles. The molecule has 0 bridgehead atoms. The zero-order chi connectivity index (χ0) is 22.9. The van der Waals surface area contributed by atoms with Crippen LogP contribution >= 0.6 is 0 Å². The minimum absolute atomic E-state index is 0.349. The summed E-state index contributed by atoms with van der Waals surface area (Å²) in [6.45, 7) is 3.69. The van der Waals surface area contributed by atoms with Crippen molar-refractivity contribution in [1.29, 1.82) is 0 Å². The van der Waals surface area contributed by atoms with Gasteiger partial charge in [-0.3, -0.25) is 4.90 Å². The molecular weight excluding hydrogens is 429 g/mol. The van der Waals surface area contributed by atoms with Crippen LogP contribution in [0.15, 0.2) is 30.3 Å². The van der Waals surface area contributed by atoms with Gasteiger partial charge in [-0.25, -0.2) is 4.79 Å². The van der Waals surface area contributed by atoms with Crippen LogP contribution in [0.1, 0.15) is 24.0 Å². The van der Waals surface area contributed by atoms with E-state index in [0.717, 1.165) is 37.6 Å². The van der Waals surface area contributed by atoms with Gasteiger partial charge in [-0.1, -0.05) is 6.07 Å². The maximum absolute atomic E-state index is 13.2. The molecule has 2 aliphatic rings. The molecule has 11 heteroatoms. The second kappa shape index (κ2) is 8.81. The molecule has 0 saturated carbocycles. The Kier molecular flexibility index (Phi) is 6.09. The fraction of sp³-hybridized carbons (Fsp3) is 0.476. The summed E-state index contributed by atoms with van der Waals surface area (Å²) >= 11 is 0. The van der Waals surface area contributed by atoms with Gasteiger partial charge in [-0.05, 0) is 30.5 Å². The Morgan fingerprint density at radius 2 is 1.56 bits per heavy atom. The molecule has 32 heavy (non-hydrogen) atoms. The Labute approximate surface area is 183 Å². The summed E-state index contributed by atoms with van der Waals surface area (Å²) in [4.78, 5) is 22.9. The molecule has 4 rings (SSSR count). The number of amides is 1. The average Bonchev–Trinajstić information content (AvgIpc) is 3.40. The number of carbonyl (C=O) groups excluding carboxylic acids is 1. The minimum atomic E-state index is -4.39. The Hall–Kier alpha value is -3.08. The van der Waals surface area contributed by atoms with Crippen LogP contribution in [0, 0.1) is 0 Å². The number of rotatable bonds is 4. The van der Waals surface area contributed by atoms with Crippen molar-refractivity contribution in [2.24, 2.45) is 0 Å². The van der Waals surface area contributed by atoms with E-state index in [1.54, 1.807) is 6.07 Å². The van der Waals surface area contributed by atoms with Gasteiger partial charge in [0.2, 0.25) is 11.8 Å². The van der Waals surface area contributed by atoms with E-state index in [1.165, 1.54) is 23.1 Å². The number of nitrogens with zero attached hydrogens (tertiary/aromatic N) is 4. The number of anilines is 1. The van der Waals surface area contributed by atoms with Crippen LogP contribution in [0.3, 0.4) is 0 Å². The van der Waals surface area contributed by atoms with Crippen LogP contribution in [0.2, 0.25) is 0 Å².